The van der Waals surface area contributed by atoms with E-state index in [0.717, 1.165) is 24.8 Å². The zero-order valence-corrected chi connectivity index (χ0v) is 14.6. The van der Waals surface area contributed by atoms with E-state index >= 15 is 0 Å². The van der Waals surface area contributed by atoms with Crippen LogP contribution < -0.4 is 0 Å². The highest BCUT2D eigenvalue weighted by atomic mass is 19.1. The molecule has 6 heteroatoms. The molecule has 2 heterocycles. The van der Waals surface area contributed by atoms with Crippen LogP contribution in [0.1, 0.15) is 48.7 Å². The van der Waals surface area contributed by atoms with E-state index in [1.54, 1.807) is 17.7 Å². The summed E-state index contributed by atoms with van der Waals surface area (Å²) in [7, 11) is 0. The summed E-state index contributed by atoms with van der Waals surface area (Å²) in [5.74, 6) is -0.825. The highest BCUT2D eigenvalue weighted by molar-refractivity contribution is 5.96. The van der Waals surface area contributed by atoms with Crippen LogP contribution in [0.5, 0.6) is 0 Å². The maximum absolute atomic E-state index is 14.8. The molecule has 0 unspecified atom stereocenters. The van der Waals surface area contributed by atoms with Gasteiger partial charge in [-0.15, -0.1) is 0 Å². The molecule has 0 aliphatic carbocycles. The summed E-state index contributed by atoms with van der Waals surface area (Å²) in [5, 5.41) is 4.40. The zero-order valence-electron chi connectivity index (χ0n) is 14.6. The van der Waals surface area contributed by atoms with E-state index in [9.17, 15) is 9.18 Å². The predicted octanol–water partition coefficient (Wildman–Crippen LogP) is 3.78. The number of nitrogens with zero attached hydrogens (tertiary/aromatic N) is 2. The van der Waals surface area contributed by atoms with Gasteiger partial charge in [-0.1, -0.05) is 13.0 Å². The van der Waals surface area contributed by atoms with Gasteiger partial charge in [0, 0.05) is 18.8 Å². The fourth-order valence-corrected chi connectivity index (χ4v) is 3.17. The van der Waals surface area contributed by atoms with Gasteiger partial charge in [-0.05, 0) is 43.9 Å². The normalized spacial score (nSPS) is 15.3. The van der Waals surface area contributed by atoms with Crippen LogP contribution in [0.15, 0.2) is 24.4 Å². The van der Waals surface area contributed by atoms with E-state index in [4.69, 9.17) is 9.47 Å². The van der Waals surface area contributed by atoms with Gasteiger partial charge < -0.3 is 9.47 Å². The topological polar surface area (TPSA) is 53.3 Å². The molecule has 134 valence electrons. The van der Waals surface area contributed by atoms with Crippen LogP contribution in [-0.4, -0.2) is 35.6 Å². The molecule has 1 aliphatic rings. The highest BCUT2D eigenvalue weighted by Gasteiger charge is 2.27. The molecule has 0 atom stereocenters. The average Bonchev–Trinajstić information content (AvgIpc) is 3.07. The Balaban J connectivity index is 2.10. The highest BCUT2D eigenvalue weighted by Crippen LogP contribution is 2.33. The van der Waals surface area contributed by atoms with Crippen molar-refractivity contribution in [1.29, 1.82) is 0 Å². The van der Waals surface area contributed by atoms with Gasteiger partial charge >= 0.3 is 5.97 Å². The molecular weight excluding hydrogens is 323 g/mol. The van der Waals surface area contributed by atoms with Gasteiger partial charge in [0.2, 0.25) is 0 Å². The van der Waals surface area contributed by atoms with Crippen LogP contribution in [-0.2, 0) is 15.9 Å². The Morgan fingerprint density at radius 3 is 2.76 bits per heavy atom. The second-order valence-corrected chi connectivity index (χ2v) is 6.08. The summed E-state index contributed by atoms with van der Waals surface area (Å²) < 4.78 is 27.1. The van der Waals surface area contributed by atoms with E-state index in [2.05, 4.69) is 5.10 Å². The van der Waals surface area contributed by atoms with Gasteiger partial charge in [0.25, 0.3) is 0 Å². The van der Waals surface area contributed by atoms with Crippen LogP contribution in [0.4, 0.5) is 4.39 Å². The number of carbonyl (C=O) groups excluding carboxylic acids is 1. The molecule has 0 N–H and O–H groups in total. The van der Waals surface area contributed by atoms with Gasteiger partial charge in [0.05, 0.1) is 24.5 Å². The van der Waals surface area contributed by atoms with Crippen molar-refractivity contribution in [3.05, 3.63) is 41.3 Å². The lowest BCUT2D eigenvalue weighted by Crippen LogP contribution is -2.21. The molecule has 3 rings (SSSR count). The second-order valence-electron chi connectivity index (χ2n) is 6.08. The number of hydrogen-bond acceptors (Lipinski definition) is 4. The second kappa shape index (κ2) is 7.78. The fraction of sp³-hybridized carbons (Fsp3) is 0.474. The minimum Gasteiger partial charge on any atom is -0.462 e. The van der Waals surface area contributed by atoms with Crippen LogP contribution >= 0.6 is 0 Å². The number of halogens is 1. The number of rotatable bonds is 5. The van der Waals surface area contributed by atoms with Gasteiger partial charge in [0.15, 0.2) is 0 Å². The molecule has 0 amide bonds. The number of benzene rings is 1. The number of aryl methyl sites for hydroxylation is 1. The van der Waals surface area contributed by atoms with Crippen molar-refractivity contribution in [2.45, 2.75) is 39.2 Å². The first-order valence-electron chi connectivity index (χ1n) is 8.76. The van der Waals surface area contributed by atoms with Crippen LogP contribution in [0.2, 0.25) is 0 Å². The molecule has 1 saturated heterocycles. The molecule has 1 fully saturated rings. The third kappa shape index (κ3) is 3.58. The maximum Gasteiger partial charge on any atom is 0.341 e. The smallest absolute Gasteiger partial charge is 0.341 e. The van der Waals surface area contributed by atoms with Crippen LogP contribution in [0.25, 0.3) is 11.3 Å². The van der Waals surface area contributed by atoms with Crippen LogP contribution in [0, 0.1) is 5.82 Å². The lowest BCUT2D eigenvalue weighted by Gasteiger charge is -2.24. The summed E-state index contributed by atoms with van der Waals surface area (Å²) in [6, 6.07) is 5.21. The lowest BCUT2D eigenvalue weighted by atomic mass is 10.0. The minimum absolute atomic E-state index is 0.0807. The van der Waals surface area contributed by atoms with E-state index in [-0.39, 0.29) is 18.5 Å². The average molecular weight is 346 g/mol. The van der Waals surface area contributed by atoms with E-state index < -0.39 is 5.97 Å². The van der Waals surface area contributed by atoms with Crippen LogP contribution in [0.3, 0.4) is 0 Å². The molecule has 0 saturated carbocycles. The molecule has 5 nitrogen and oxygen atoms in total. The standard InChI is InChI=1S/C19H23FN2O3/c1-3-13-5-6-15(17(20)11-13)18-16(19(23)25-4-2)12-21-22(18)14-7-9-24-10-8-14/h5-6,11-12,14H,3-4,7-10H2,1-2H3. The SMILES string of the molecule is CCOC(=O)c1cnn(C2CCOCC2)c1-c1ccc(CC)cc1F. The molecule has 2 aromatic rings. The number of hydrogen-bond donors (Lipinski definition) is 0. The van der Waals surface area contributed by atoms with Crippen molar-refractivity contribution < 1.29 is 18.7 Å². The van der Waals surface area contributed by atoms with Crippen molar-refractivity contribution in [1.82, 2.24) is 9.78 Å². The molecule has 1 aromatic carbocycles. The maximum atomic E-state index is 14.8. The fourth-order valence-electron chi connectivity index (χ4n) is 3.17. The van der Waals surface area contributed by atoms with Gasteiger partial charge in [-0.2, -0.15) is 5.10 Å². The Kier molecular flexibility index (Phi) is 5.48. The summed E-state index contributed by atoms with van der Waals surface area (Å²) in [4.78, 5) is 12.3. The first kappa shape index (κ1) is 17.6. The lowest BCUT2D eigenvalue weighted by molar-refractivity contribution is 0.0526. The van der Waals surface area contributed by atoms with Gasteiger partial charge in [0.1, 0.15) is 11.4 Å². The largest absolute Gasteiger partial charge is 0.462 e. The Bertz CT molecular complexity index is 751. The first-order chi connectivity index (χ1) is 12.2. The van der Waals surface area contributed by atoms with Crippen molar-refractivity contribution in [2.24, 2.45) is 0 Å². The summed E-state index contributed by atoms with van der Waals surface area (Å²) in [6.07, 6.45) is 3.80. The summed E-state index contributed by atoms with van der Waals surface area (Å²) in [6.45, 7) is 5.26. The molecular formula is C19H23FN2O3. The molecule has 1 aromatic heterocycles. The van der Waals surface area contributed by atoms with Gasteiger partial charge in [-0.25, -0.2) is 9.18 Å². The van der Waals surface area contributed by atoms with Crippen molar-refractivity contribution in [3.8, 4) is 11.3 Å². The number of aromatic nitrogens is 2. The third-order valence-electron chi connectivity index (χ3n) is 4.52. The number of carbonyl (C=O) groups is 1. The quantitative estimate of drug-likeness (QED) is 0.773. The monoisotopic (exact) mass is 346 g/mol. The summed E-state index contributed by atoms with van der Waals surface area (Å²) >= 11 is 0. The number of esters is 1. The van der Waals surface area contributed by atoms with Gasteiger partial charge in [-0.3, -0.25) is 4.68 Å². The predicted molar refractivity (Wildman–Crippen MR) is 92.0 cm³/mol. The zero-order chi connectivity index (χ0) is 17.8. The number of ether oxygens (including phenoxy) is 2. The molecule has 1 aliphatic heterocycles. The Morgan fingerprint density at radius 2 is 2.12 bits per heavy atom. The van der Waals surface area contributed by atoms with E-state index in [1.165, 1.54) is 12.3 Å². The Morgan fingerprint density at radius 1 is 1.36 bits per heavy atom. The summed E-state index contributed by atoms with van der Waals surface area (Å²) in [5.41, 5.74) is 2.09. The molecule has 0 spiro atoms. The minimum atomic E-state index is -0.477. The Labute approximate surface area is 146 Å². The van der Waals surface area contributed by atoms with E-state index in [0.29, 0.717) is 30.0 Å². The van der Waals surface area contributed by atoms with Crippen molar-refractivity contribution in [2.75, 3.05) is 19.8 Å². The first-order valence-corrected chi connectivity index (χ1v) is 8.76. The molecule has 0 bridgehead atoms. The van der Waals surface area contributed by atoms with E-state index in [1.807, 2.05) is 13.0 Å². The Hall–Kier alpha value is -2.21. The molecule has 0 radical (unpaired) electrons. The van der Waals surface area contributed by atoms with Crippen molar-refractivity contribution >= 4 is 5.97 Å². The van der Waals surface area contributed by atoms with Crippen molar-refractivity contribution in [3.63, 3.8) is 0 Å². The molecule has 25 heavy (non-hydrogen) atoms. The third-order valence-corrected chi connectivity index (χ3v) is 4.52.